The second kappa shape index (κ2) is 5.44. The van der Waals surface area contributed by atoms with Crippen molar-refractivity contribution in [2.24, 2.45) is 10.2 Å². The van der Waals surface area contributed by atoms with Gasteiger partial charge in [0, 0.05) is 10.0 Å². The topological polar surface area (TPSA) is 110 Å². The van der Waals surface area contributed by atoms with E-state index in [0.29, 0.717) is 10.0 Å². The van der Waals surface area contributed by atoms with Crippen molar-refractivity contribution in [2.75, 3.05) is 5.73 Å². The largest absolute Gasteiger partial charge is 0.506 e. The summed E-state index contributed by atoms with van der Waals surface area (Å²) in [5.41, 5.74) is 6.02. The van der Waals surface area contributed by atoms with Gasteiger partial charge in [-0.2, -0.15) is 5.11 Å². The maximum Gasteiger partial charge on any atom is 0.261 e. The summed E-state index contributed by atoms with van der Waals surface area (Å²) in [4.78, 5) is 0. The summed E-state index contributed by atoms with van der Waals surface area (Å²) in [5, 5.41) is 24.2. The van der Waals surface area contributed by atoms with Crippen molar-refractivity contribution in [1.82, 2.24) is 10.3 Å². The summed E-state index contributed by atoms with van der Waals surface area (Å²) in [6.07, 6.45) is 0. The van der Waals surface area contributed by atoms with Crippen molar-refractivity contribution in [3.8, 4) is 5.75 Å². The SMILES string of the molecule is Nc1nonc1N=NCc1cc(Br)cc(Br)c1O. The molecule has 3 N–H and O–H groups in total. The molecule has 0 unspecified atom stereocenters. The van der Waals surface area contributed by atoms with Gasteiger partial charge < -0.3 is 10.8 Å². The van der Waals surface area contributed by atoms with Crippen LogP contribution in [0.1, 0.15) is 5.56 Å². The number of hydrogen-bond acceptors (Lipinski definition) is 7. The number of halogens is 2. The number of hydrogen-bond donors (Lipinski definition) is 2. The predicted octanol–water partition coefficient (Wildman–Crippen LogP) is 3.17. The van der Waals surface area contributed by atoms with Crippen molar-refractivity contribution >= 4 is 43.5 Å². The molecule has 1 aromatic heterocycles. The van der Waals surface area contributed by atoms with Crippen LogP contribution in [0.5, 0.6) is 5.75 Å². The number of aromatic hydroxyl groups is 1. The van der Waals surface area contributed by atoms with Crippen LogP contribution in [0.4, 0.5) is 11.6 Å². The van der Waals surface area contributed by atoms with Crippen LogP contribution >= 0.6 is 31.9 Å². The first-order valence-corrected chi connectivity index (χ1v) is 6.29. The first-order valence-electron chi connectivity index (χ1n) is 4.70. The Morgan fingerprint density at radius 1 is 1.33 bits per heavy atom. The van der Waals surface area contributed by atoms with Gasteiger partial charge in [0.25, 0.3) is 5.82 Å². The Kier molecular flexibility index (Phi) is 3.92. The van der Waals surface area contributed by atoms with Gasteiger partial charge in [0.1, 0.15) is 5.75 Å². The smallest absolute Gasteiger partial charge is 0.261 e. The number of nitrogen functional groups attached to an aromatic ring is 1. The number of phenolic OH excluding ortho intramolecular Hbond substituents is 1. The average Bonchev–Trinajstić information content (AvgIpc) is 2.71. The number of rotatable bonds is 3. The summed E-state index contributed by atoms with van der Waals surface area (Å²) in [6.45, 7) is 0.177. The zero-order valence-corrected chi connectivity index (χ0v) is 12.0. The minimum absolute atomic E-state index is 0.0680. The van der Waals surface area contributed by atoms with Crippen LogP contribution in [0.25, 0.3) is 0 Å². The molecule has 7 nitrogen and oxygen atoms in total. The van der Waals surface area contributed by atoms with Gasteiger partial charge >= 0.3 is 0 Å². The number of aromatic nitrogens is 2. The van der Waals surface area contributed by atoms with Gasteiger partial charge in [0.15, 0.2) is 0 Å². The van der Waals surface area contributed by atoms with Gasteiger partial charge in [-0.05, 0) is 38.4 Å². The Balaban J connectivity index is 2.16. The third-order valence-corrected chi connectivity index (χ3v) is 3.07. The van der Waals surface area contributed by atoms with Crippen molar-refractivity contribution in [1.29, 1.82) is 0 Å². The van der Waals surface area contributed by atoms with Crippen LogP contribution in [0.15, 0.2) is 35.9 Å². The quantitative estimate of drug-likeness (QED) is 0.799. The summed E-state index contributed by atoms with van der Waals surface area (Å²) in [7, 11) is 0. The molecule has 2 aromatic rings. The third-order valence-electron chi connectivity index (χ3n) is 2.01. The Morgan fingerprint density at radius 3 is 2.78 bits per heavy atom. The van der Waals surface area contributed by atoms with E-state index in [0.717, 1.165) is 4.47 Å². The first kappa shape index (κ1) is 13.0. The Hall–Kier alpha value is -1.48. The fraction of sp³-hybridized carbons (Fsp3) is 0.111. The molecule has 94 valence electrons. The van der Waals surface area contributed by atoms with Gasteiger partial charge in [-0.25, -0.2) is 4.63 Å². The van der Waals surface area contributed by atoms with Crippen molar-refractivity contribution in [2.45, 2.75) is 6.54 Å². The van der Waals surface area contributed by atoms with E-state index >= 15 is 0 Å². The van der Waals surface area contributed by atoms with E-state index in [1.54, 1.807) is 12.1 Å². The van der Waals surface area contributed by atoms with Crippen molar-refractivity contribution in [3.63, 3.8) is 0 Å². The fourth-order valence-corrected chi connectivity index (χ4v) is 2.49. The van der Waals surface area contributed by atoms with E-state index in [1.807, 2.05) is 0 Å². The standard InChI is InChI=1S/C9H7Br2N5O2/c10-5-1-4(7(17)6(11)2-5)3-13-14-9-8(12)15-18-16-9/h1-2,17H,3H2,(H2,12,15). The summed E-state index contributed by atoms with van der Waals surface area (Å²) in [6, 6.07) is 3.47. The van der Waals surface area contributed by atoms with E-state index < -0.39 is 0 Å². The molecule has 0 atom stereocenters. The van der Waals surface area contributed by atoms with E-state index in [2.05, 4.69) is 57.0 Å². The van der Waals surface area contributed by atoms with Gasteiger partial charge in [0.2, 0.25) is 5.82 Å². The molecule has 2 rings (SSSR count). The van der Waals surface area contributed by atoms with Crippen LogP contribution in [-0.2, 0) is 6.54 Å². The van der Waals surface area contributed by atoms with E-state index in [4.69, 9.17) is 5.73 Å². The highest BCUT2D eigenvalue weighted by atomic mass is 79.9. The molecular weight excluding hydrogens is 370 g/mol. The maximum absolute atomic E-state index is 9.79. The van der Waals surface area contributed by atoms with E-state index in [1.165, 1.54) is 0 Å². The highest BCUT2D eigenvalue weighted by molar-refractivity contribution is 9.11. The second-order valence-corrected chi connectivity index (χ2v) is 5.04. The van der Waals surface area contributed by atoms with E-state index in [9.17, 15) is 5.11 Å². The maximum atomic E-state index is 9.79. The molecule has 0 aliphatic carbocycles. The molecule has 0 aliphatic heterocycles. The van der Waals surface area contributed by atoms with Gasteiger partial charge in [-0.1, -0.05) is 15.9 Å². The molecule has 1 aromatic carbocycles. The first-order chi connectivity index (χ1) is 8.58. The molecule has 0 aliphatic rings. The monoisotopic (exact) mass is 375 g/mol. The van der Waals surface area contributed by atoms with Gasteiger partial charge in [-0.3, -0.25) is 0 Å². The number of nitrogens with two attached hydrogens (primary N) is 1. The Labute approximate surface area is 118 Å². The number of azo groups is 1. The molecule has 18 heavy (non-hydrogen) atoms. The summed E-state index contributed by atoms with van der Waals surface area (Å²) < 4.78 is 5.76. The zero-order valence-electron chi connectivity index (χ0n) is 8.84. The van der Waals surface area contributed by atoms with Crippen LogP contribution in [0.2, 0.25) is 0 Å². The Bertz CT molecular complexity index is 599. The molecule has 0 radical (unpaired) electrons. The Morgan fingerprint density at radius 2 is 2.11 bits per heavy atom. The van der Waals surface area contributed by atoms with E-state index in [-0.39, 0.29) is 23.9 Å². The highest BCUT2D eigenvalue weighted by Gasteiger charge is 2.07. The molecule has 0 amide bonds. The predicted molar refractivity (Wildman–Crippen MR) is 70.4 cm³/mol. The molecule has 9 heteroatoms. The van der Waals surface area contributed by atoms with Crippen molar-refractivity contribution in [3.05, 3.63) is 26.6 Å². The second-order valence-electron chi connectivity index (χ2n) is 3.27. The third kappa shape index (κ3) is 2.85. The molecule has 0 spiro atoms. The molecule has 1 heterocycles. The summed E-state index contributed by atoms with van der Waals surface area (Å²) >= 11 is 6.55. The van der Waals surface area contributed by atoms with Crippen molar-refractivity contribution < 1.29 is 9.74 Å². The van der Waals surface area contributed by atoms with Crippen LogP contribution in [-0.4, -0.2) is 15.4 Å². The number of phenols is 1. The highest BCUT2D eigenvalue weighted by Crippen LogP contribution is 2.32. The van der Waals surface area contributed by atoms with Crippen LogP contribution in [0.3, 0.4) is 0 Å². The molecule has 0 fully saturated rings. The minimum atomic E-state index is 0.0680. The molecule has 0 saturated heterocycles. The lowest BCUT2D eigenvalue weighted by Gasteiger charge is -2.03. The number of benzene rings is 1. The average molecular weight is 377 g/mol. The number of nitrogens with zero attached hydrogens (tertiary/aromatic N) is 4. The lowest BCUT2D eigenvalue weighted by atomic mass is 10.2. The lowest BCUT2D eigenvalue weighted by molar-refractivity contribution is 0.310. The minimum Gasteiger partial charge on any atom is -0.506 e. The van der Waals surface area contributed by atoms with Gasteiger partial charge in [0.05, 0.1) is 11.0 Å². The normalized spacial score (nSPS) is 11.2. The van der Waals surface area contributed by atoms with Gasteiger partial charge in [-0.15, -0.1) is 5.11 Å². The summed E-state index contributed by atoms with van der Waals surface area (Å²) in [5.74, 6) is 0.297. The number of anilines is 1. The molecule has 0 bridgehead atoms. The zero-order chi connectivity index (χ0) is 13.1. The molecule has 0 saturated carbocycles. The lowest BCUT2D eigenvalue weighted by Crippen LogP contribution is -1.85. The van der Waals surface area contributed by atoms with Crippen LogP contribution in [0, 0.1) is 0 Å². The fourth-order valence-electron chi connectivity index (χ4n) is 1.18. The van der Waals surface area contributed by atoms with Crippen LogP contribution < -0.4 is 5.73 Å². The molecular formula is C9H7Br2N5O2.